The highest BCUT2D eigenvalue weighted by Crippen LogP contribution is 2.25. The number of hydrogen-bond donors (Lipinski definition) is 0. The van der Waals surface area contributed by atoms with Crippen molar-refractivity contribution in [3.05, 3.63) is 42.2 Å². The van der Waals surface area contributed by atoms with Crippen molar-refractivity contribution < 1.29 is 17.5 Å². The Hall–Kier alpha value is -1.40. The van der Waals surface area contributed by atoms with Crippen molar-refractivity contribution in [2.24, 2.45) is 0 Å². The van der Waals surface area contributed by atoms with Crippen LogP contribution in [0.5, 0.6) is 5.75 Å². The van der Waals surface area contributed by atoms with Gasteiger partial charge in [0.15, 0.2) is 9.84 Å². The molecule has 0 aliphatic carbocycles. The third-order valence-corrected chi connectivity index (χ3v) is 5.45. The lowest BCUT2D eigenvalue weighted by Crippen LogP contribution is -2.36. The molecule has 0 bridgehead atoms. The predicted octanol–water partition coefficient (Wildman–Crippen LogP) is 2.01. The summed E-state index contributed by atoms with van der Waals surface area (Å²) in [6.45, 7) is 4.71. The number of halogens is 1. The lowest BCUT2D eigenvalue weighted by molar-refractivity contribution is 0.223. The Morgan fingerprint density at radius 2 is 2.29 bits per heavy atom. The molecular weight excluding hydrogens is 293 g/mol. The van der Waals surface area contributed by atoms with Gasteiger partial charge in [-0.05, 0) is 24.6 Å². The number of hydrogen-bond acceptors (Lipinski definition) is 4. The standard InChI is InChI=1S/C15H20FNO3S/c1-3-7-17(14-6-8-21(18,19)11-14)10-12-9-13(16)4-5-15(12)20-2/h3-5,9,14H,1,6-8,10-11H2,2H3. The molecule has 0 saturated carbocycles. The highest BCUT2D eigenvalue weighted by Gasteiger charge is 2.32. The van der Waals surface area contributed by atoms with Crippen LogP contribution in [0.4, 0.5) is 4.39 Å². The summed E-state index contributed by atoms with van der Waals surface area (Å²) in [5, 5.41) is 0. The monoisotopic (exact) mass is 313 g/mol. The number of benzene rings is 1. The summed E-state index contributed by atoms with van der Waals surface area (Å²) in [4.78, 5) is 2.01. The van der Waals surface area contributed by atoms with Gasteiger partial charge < -0.3 is 4.74 Å². The zero-order valence-corrected chi connectivity index (χ0v) is 12.9. The van der Waals surface area contributed by atoms with Crippen molar-refractivity contribution in [2.75, 3.05) is 25.2 Å². The van der Waals surface area contributed by atoms with Crippen LogP contribution in [0.2, 0.25) is 0 Å². The molecule has 21 heavy (non-hydrogen) atoms. The molecule has 1 aromatic carbocycles. The van der Waals surface area contributed by atoms with Crippen molar-refractivity contribution in [1.82, 2.24) is 4.90 Å². The molecule has 6 heteroatoms. The van der Waals surface area contributed by atoms with E-state index in [2.05, 4.69) is 6.58 Å². The van der Waals surface area contributed by atoms with Gasteiger partial charge >= 0.3 is 0 Å². The summed E-state index contributed by atoms with van der Waals surface area (Å²) in [7, 11) is -1.42. The molecule has 1 aromatic rings. The molecule has 4 nitrogen and oxygen atoms in total. The highest BCUT2D eigenvalue weighted by molar-refractivity contribution is 7.91. The van der Waals surface area contributed by atoms with E-state index in [1.807, 2.05) is 4.90 Å². The molecule has 1 saturated heterocycles. The van der Waals surface area contributed by atoms with E-state index in [1.54, 1.807) is 12.1 Å². The van der Waals surface area contributed by atoms with E-state index in [0.29, 0.717) is 30.8 Å². The Bertz CT molecular complexity index is 615. The molecule has 0 N–H and O–H groups in total. The first kappa shape index (κ1) is 16.0. The fraction of sp³-hybridized carbons (Fsp3) is 0.467. The van der Waals surface area contributed by atoms with Gasteiger partial charge in [0.1, 0.15) is 11.6 Å². The molecule has 1 fully saturated rings. The molecule has 0 aromatic heterocycles. The number of rotatable bonds is 6. The average molecular weight is 313 g/mol. The average Bonchev–Trinajstić information content (AvgIpc) is 2.79. The maximum absolute atomic E-state index is 13.4. The van der Waals surface area contributed by atoms with E-state index in [9.17, 15) is 12.8 Å². The number of methoxy groups -OCH3 is 1. The predicted molar refractivity (Wildman–Crippen MR) is 80.6 cm³/mol. The van der Waals surface area contributed by atoms with Gasteiger partial charge in [0, 0.05) is 24.7 Å². The Kier molecular flexibility index (Phi) is 5.00. The van der Waals surface area contributed by atoms with Crippen molar-refractivity contribution in [3.8, 4) is 5.75 Å². The normalized spacial score (nSPS) is 20.6. The van der Waals surface area contributed by atoms with Crippen molar-refractivity contribution in [3.63, 3.8) is 0 Å². The van der Waals surface area contributed by atoms with Gasteiger partial charge in [0.05, 0.1) is 18.6 Å². The summed E-state index contributed by atoms with van der Waals surface area (Å²) < 4.78 is 42.0. The van der Waals surface area contributed by atoms with Gasteiger partial charge in [-0.15, -0.1) is 6.58 Å². The molecular formula is C15H20FNO3S. The lowest BCUT2D eigenvalue weighted by atomic mass is 10.1. The van der Waals surface area contributed by atoms with Crippen LogP contribution in [0.25, 0.3) is 0 Å². The fourth-order valence-corrected chi connectivity index (χ4v) is 4.42. The van der Waals surface area contributed by atoms with Crippen molar-refractivity contribution >= 4 is 9.84 Å². The Balaban J connectivity index is 2.20. The van der Waals surface area contributed by atoms with Crippen LogP contribution < -0.4 is 4.74 Å². The third-order valence-electron chi connectivity index (χ3n) is 3.70. The van der Waals surface area contributed by atoms with E-state index >= 15 is 0 Å². The van der Waals surface area contributed by atoms with Gasteiger partial charge in [-0.2, -0.15) is 0 Å². The van der Waals surface area contributed by atoms with E-state index in [4.69, 9.17) is 4.74 Å². The van der Waals surface area contributed by atoms with Crippen LogP contribution in [0.3, 0.4) is 0 Å². The zero-order chi connectivity index (χ0) is 15.5. The Labute approximate surface area is 125 Å². The SMILES string of the molecule is C=CCN(Cc1cc(F)ccc1OC)C1CCS(=O)(=O)C1. The van der Waals surface area contributed by atoms with E-state index < -0.39 is 9.84 Å². The van der Waals surface area contributed by atoms with Gasteiger partial charge in [-0.1, -0.05) is 6.08 Å². The first-order valence-electron chi connectivity index (χ1n) is 6.83. The molecule has 1 atom stereocenters. The molecule has 0 radical (unpaired) electrons. The minimum absolute atomic E-state index is 0.0547. The molecule has 0 spiro atoms. The summed E-state index contributed by atoms with van der Waals surface area (Å²) >= 11 is 0. The Morgan fingerprint density at radius 1 is 1.52 bits per heavy atom. The molecule has 1 unspecified atom stereocenters. The first-order valence-corrected chi connectivity index (χ1v) is 8.65. The van der Waals surface area contributed by atoms with E-state index in [1.165, 1.54) is 19.2 Å². The number of nitrogens with zero attached hydrogens (tertiary/aromatic N) is 1. The second-order valence-electron chi connectivity index (χ2n) is 5.23. The number of ether oxygens (including phenoxy) is 1. The molecule has 0 amide bonds. The third kappa shape index (κ3) is 4.04. The van der Waals surface area contributed by atoms with Gasteiger partial charge in [-0.25, -0.2) is 12.8 Å². The van der Waals surface area contributed by atoms with E-state index in [-0.39, 0.29) is 23.4 Å². The second kappa shape index (κ2) is 6.58. The highest BCUT2D eigenvalue weighted by atomic mass is 32.2. The molecule has 1 aliphatic rings. The molecule has 1 heterocycles. The molecule has 116 valence electrons. The maximum Gasteiger partial charge on any atom is 0.151 e. The van der Waals surface area contributed by atoms with Crippen LogP contribution in [0.15, 0.2) is 30.9 Å². The number of sulfone groups is 1. The van der Waals surface area contributed by atoms with Crippen LogP contribution in [-0.4, -0.2) is 44.5 Å². The smallest absolute Gasteiger partial charge is 0.151 e. The molecule has 2 rings (SSSR count). The van der Waals surface area contributed by atoms with Crippen LogP contribution in [0.1, 0.15) is 12.0 Å². The lowest BCUT2D eigenvalue weighted by Gasteiger charge is -2.27. The first-order chi connectivity index (χ1) is 9.95. The maximum atomic E-state index is 13.4. The van der Waals surface area contributed by atoms with Gasteiger partial charge in [0.2, 0.25) is 0 Å². The summed E-state index contributed by atoms with van der Waals surface area (Å²) in [5.41, 5.74) is 0.712. The Morgan fingerprint density at radius 3 is 2.86 bits per heavy atom. The van der Waals surface area contributed by atoms with Crippen molar-refractivity contribution in [1.29, 1.82) is 0 Å². The van der Waals surface area contributed by atoms with Crippen LogP contribution in [0, 0.1) is 5.82 Å². The quantitative estimate of drug-likeness (QED) is 0.754. The van der Waals surface area contributed by atoms with Crippen LogP contribution in [-0.2, 0) is 16.4 Å². The topological polar surface area (TPSA) is 46.6 Å². The molecule has 1 aliphatic heterocycles. The van der Waals surface area contributed by atoms with Crippen LogP contribution >= 0.6 is 0 Å². The summed E-state index contributed by atoms with van der Waals surface area (Å²) in [6, 6.07) is 4.31. The minimum Gasteiger partial charge on any atom is -0.496 e. The minimum atomic E-state index is -2.96. The fourth-order valence-electron chi connectivity index (χ4n) is 2.66. The summed E-state index contributed by atoms with van der Waals surface area (Å²) in [6.07, 6.45) is 2.34. The van der Waals surface area contributed by atoms with Gasteiger partial charge in [0.25, 0.3) is 0 Å². The van der Waals surface area contributed by atoms with Crippen molar-refractivity contribution in [2.45, 2.75) is 19.0 Å². The largest absolute Gasteiger partial charge is 0.496 e. The van der Waals surface area contributed by atoms with E-state index in [0.717, 1.165) is 0 Å². The van der Waals surface area contributed by atoms with Gasteiger partial charge in [-0.3, -0.25) is 4.90 Å². The summed E-state index contributed by atoms with van der Waals surface area (Å²) in [5.74, 6) is 0.638. The second-order valence-corrected chi connectivity index (χ2v) is 7.46. The zero-order valence-electron chi connectivity index (χ0n) is 12.1.